The highest BCUT2D eigenvalue weighted by atomic mass is 35.5. The zero-order valence-corrected chi connectivity index (χ0v) is 20.9. The Bertz CT molecular complexity index is 1550. The zero-order chi connectivity index (χ0) is 26.5. The van der Waals surface area contributed by atoms with Gasteiger partial charge >= 0.3 is 6.18 Å². The number of H-pyrrole nitrogens is 1. The molecule has 1 heterocycles. The molecule has 0 radical (unpaired) electrons. The lowest BCUT2D eigenvalue weighted by Crippen LogP contribution is -2.18. The Hall–Kier alpha value is -3.78. The maximum Gasteiger partial charge on any atom is 0.417 e. The first-order chi connectivity index (χ1) is 17.5. The van der Waals surface area contributed by atoms with Gasteiger partial charge in [-0.3, -0.25) is 4.79 Å². The molecular weight excluding hydrogens is 501 g/mol. The summed E-state index contributed by atoms with van der Waals surface area (Å²) in [5.74, 6) is -0.0437. The normalized spacial score (nSPS) is 14.4. The van der Waals surface area contributed by atoms with E-state index in [1.54, 1.807) is 18.2 Å². The molecular formula is C28H24ClF3N4O. The Labute approximate surface area is 216 Å². The average molecular weight is 525 g/mol. The summed E-state index contributed by atoms with van der Waals surface area (Å²) in [4.78, 5) is 21.1. The van der Waals surface area contributed by atoms with Crippen LogP contribution < -0.4 is 10.6 Å². The fourth-order valence-corrected chi connectivity index (χ4v) is 4.40. The Balaban J connectivity index is 1.55. The second-order valence-corrected chi connectivity index (χ2v) is 9.99. The monoisotopic (exact) mass is 524 g/mol. The first kappa shape index (κ1) is 24.9. The topological polar surface area (TPSA) is 69.8 Å². The van der Waals surface area contributed by atoms with E-state index in [1.165, 1.54) is 12.1 Å². The molecule has 9 heteroatoms. The van der Waals surface area contributed by atoms with Crippen molar-refractivity contribution in [3.05, 3.63) is 94.3 Å². The molecule has 1 saturated carbocycles. The minimum absolute atomic E-state index is 0.0519. The van der Waals surface area contributed by atoms with Crippen LogP contribution in [0.3, 0.4) is 0 Å². The molecule has 0 atom stereocenters. The predicted molar refractivity (Wildman–Crippen MR) is 141 cm³/mol. The SMILES string of the molecule is C=C(Nc1cccc(Cl)c1C)c1cc(NC(=O)c2ccccc2C(F)(F)F)cc2[nH]c(C3(C)CC3)nc12. The first-order valence-corrected chi connectivity index (χ1v) is 12.1. The van der Waals surface area contributed by atoms with Gasteiger partial charge in [-0.15, -0.1) is 0 Å². The standard InChI is InChI=1S/C28H24ClF3N4O/c1-15-21(29)9-6-10-22(15)33-16(2)19-13-17(14-23-24(19)36-26(35-23)27(3)11-12-27)34-25(37)18-7-4-5-8-20(18)28(30,31)32/h4-10,13-14,33H,2,11-12H2,1,3H3,(H,34,37)(H,35,36). The van der Waals surface area contributed by atoms with Crippen LogP contribution >= 0.6 is 11.6 Å². The summed E-state index contributed by atoms with van der Waals surface area (Å²) in [5, 5.41) is 6.49. The number of rotatable bonds is 6. The molecule has 0 saturated heterocycles. The molecule has 3 N–H and O–H groups in total. The highest BCUT2D eigenvalue weighted by Crippen LogP contribution is 2.47. The second-order valence-electron chi connectivity index (χ2n) is 9.58. The molecule has 3 aromatic carbocycles. The lowest BCUT2D eigenvalue weighted by atomic mass is 10.1. The molecule has 1 fully saturated rings. The Morgan fingerprint density at radius 3 is 2.51 bits per heavy atom. The predicted octanol–water partition coefficient (Wildman–Crippen LogP) is 7.93. The van der Waals surface area contributed by atoms with Gasteiger partial charge in [-0.25, -0.2) is 4.98 Å². The molecule has 1 aliphatic carbocycles. The maximum atomic E-state index is 13.5. The summed E-state index contributed by atoms with van der Waals surface area (Å²) in [6, 6.07) is 13.5. The summed E-state index contributed by atoms with van der Waals surface area (Å²) in [6.45, 7) is 8.18. The number of hydrogen-bond acceptors (Lipinski definition) is 3. The molecule has 1 aliphatic rings. The summed E-state index contributed by atoms with van der Waals surface area (Å²) < 4.78 is 40.5. The van der Waals surface area contributed by atoms with Crippen molar-refractivity contribution in [2.45, 2.75) is 38.3 Å². The Morgan fingerprint density at radius 2 is 1.81 bits per heavy atom. The van der Waals surface area contributed by atoms with Crippen LogP contribution in [0.15, 0.2) is 61.2 Å². The number of carbonyl (C=O) groups is 1. The van der Waals surface area contributed by atoms with Crippen LogP contribution in [0, 0.1) is 6.92 Å². The van der Waals surface area contributed by atoms with Crippen LogP contribution in [0.2, 0.25) is 5.02 Å². The van der Waals surface area contributed by atoms with Gasteiger partial charge in [0.25, 0.3) is 5.91 Å². The number of aromatic amines is 1. The summed E-state index contributed by atoms with van der Waals surface area (Å²) in [6.07, 6.45) is -2.66. The molecule has 190 valence electrons. The number of halogens is 4. The third-order valence-electron chi connectivity index (χ3n) is 6.77. The number of aromatic nitrogens is 2. The van der Waals surface area contributed by atoms with E-state index in [0.717, 1.165) is 42.0 Å². The number of fused-ring (bicyclic) bond motifs is 1. The molecule has 37 heavy (non-hydrogen) atoms. The fraction of sp³-hybridized carbons (Fsp3) is 0.214. The van der Waals surface area contributed by atoms with Crippen molar-refractivity contribution in [2.24, 2.45) is 0 Å². The zero-order valence-electron chi connectivity index (χ0n) is 20.2. The van der Waals surface area contributed by atoms with E-state index >= 15 is 0 Å². The highest BCUT2D eigenvalue weighted by Gasteiger charge is 2.42. The lowest BCUT2D eigenvalue weighted by Gasteiger charge is -2.16. The van der Waals surface area contributed by atoms with Crippen molar-refractivity contribution in [1.82, 2.24) is 9.97 Å². The molecule has 4 aromatic rings. The number of nitrogens with zero attached hydrogens (tertiary/aromatic N) is 1. The molecule has 0 spiro atoms. The third kappa shape index (κ3) is 4.81. The van der Waals surface area contributed by atoms with E-state index in [4.69, 9.17) is 16.6 Å². The lowest BCUT2D eigenvalue weighted by molar-refractivity contribution is -0.137. The van der Waals surface area contributed by atoms with Crippen molar-refractivity contribution in [1.29, 1.82) is 0 Å². The molecule has 0 unspecified atom stereocenters. The fourth-order valence-electron chi connectivity index (χ4n) is 4.23. The van der Waals surface area contributed by atoms with Crippen LogP contribution in [-0.4, -0.2) is 15.9 Å². The summed E-state index contributed by atoms with van der Waals surface area (Å²) in [5.41, 5.74) is 2.78. The third-order valence-corrected chi connectivity index (χ3v) is 7.18. The van der Waals surface area contributed by atoms with Gasteiger partial charge in [-0.1, -0.05) is 43.3 Å². The van der Waals surface area contributed by atoms with Crippen molar-refractivity contribution in [3.63, 3.8) is 0 Å². The number of carbonyl (C=O) groups excluding carboxylic acids is 1. The van der Waals surface area contributed by atoms with Gasteiger partial charge in [0.1, 0.15) is 5.82 Å². The van der Waals surface area contributed by atoms with Gasteiger partial charge in [-0.05, 0) is 61.7 Å². The molecule has 1 aromatic heterocycles. The van der Waals surface area contributed by atoms with Gasteiger partial charge in [0, 0.05) is 33.1 Å². The maximum absolute atomic E-state index is 13.5. The van der Waals surface area contributed by atoms with Crippen LogP contribution in [0.5, 0.6) is 0 Å². The molecule has 5 rings (SSSR count). The van der Waals surface area contributed by atoms with E-state index in [9.17, 15) is 18.0 Å². The number of hydrogen-bond donors (Lipinski definition) is 3. The molecule has 5 nitrogen and oxygen atoms in total. The summed E-state index contributed by atoms with van der Waals surface area (Å²) in [7, 11) is 0. The van der Waals surface area contributed by atoms with Crippen LogP contribution in [0.1, 0.15) is 52.6 Å². The molecule has 0 bridgehead atoms. The number of nitrogens with one attached hydrogen (secondary N) is 3. The Kier molecular flexibility index (Phi) is 6.02. The van der Waals surface area contributed by atoms with Crippen LogP contribution in [0.25, 0.3) is 16.7 Å². The first-order valence-electron chi connectivity index (χ1n) is 11.7. The molecule has 0 aliphatic heterocycles. The van der Waals surface area contributed by atoms with Crippen LogP contribution in [-0.2, 0) is 11.6 Å². The second kappa shape index (κ2) is 8.95. The van der Waals surface area contributed by atoms with E-state index in [0.29, 0.717) is 33.0 Å². The van der Waals surface area contributed by atoms with Gasteiger partial charge in [0.2, 0.25) is 0 Å². The summed E-state index contributed by atoms with van der Waals surface area (Å²) >= 11 is 6.27. The van der Waals surface area contributed by atoms with Gasteiger partial charge in [0.05, 0.1) is 22.2 Å². The van der Waals surface area contributed by atoms with E-state index < -0.39 is 23.2 Å². The molecule has 1 amide bonds. The minimum atomic E-state index is -4.66. The van der Waals surface area contributed by atoms with Crippen molar-refractivity contribution in [2.75, 3.05) is 10.6 Å². The number of benzene rings is 3. The number of alkyl halides is 3. The van der Waals surface area contributed by atoms with Crippen molar-refractivity contribution >= 4 is 45.6 Å². The average Bonchev–Trinajstić information content (AvgIpc) is 3.44. The quantitative estimate of drug-likeness (QED) is 0.240. The highest BCUT2D eigenvalue weighted by molar-refractivity contribution is 6.31. The smallest absolute Gasteiger partial charge is 0.355 e. The van der Waals surface area contributed by atoms with Gasteiger partial charge in [-0.2, -0.15) is 13.2 Å². The van der Waals surface area contributed by atoms with E-state index in [1.807, 2.05) is 19.1 Å². The number of amides is 1. The van der Waals surface area contributed by atoms with Gasteiger partial charge in [0.15, 0.2) is 0 Å². The van der Waals surface area contributed by atoms with E-state index in [2.05, 4.69) is 29.1 Å². The van der Waals surface area contributed by atoms with E-state index in [-0.39, 0.29) is 5.41 Å². The largest absolute Gasteiger partial charge is 0.417 e. The Morgan fingerprint density at radius 1 is 1.08 bits per heavy atom. The van der Waals surface area contributed by atoms with Crippen LogP contribution in [0.4, 0.5) is 24.5 Å². The minimum Gasteiger partial charge on any atom is -0.355 e. The number of imidazole rings is 1. The van der Waals surface area contributed by atoms with Crippen molar-refractivity contribution < 1.29 is 18.0 Å². The van der Waals surface area contributed by atoms with Gasteiger partial charge < -0.3 is 15.6 Å². The van der Waals surface area contributed by atoms with Crippen molar-refractivity contribution in [3.8, 4) is 0 Å². The number of anilines is 2.